The molecule has 1 aliphatic heterocycles. The van der Waals surface area contributed by atoms with Crippen LogP contribution in [0.5, 0.6) is 5.75 Å². The van der Waals surface area contributed by atoms with Gasteiger partial charge in [0.2, 0.25) is 5.91 Å². The standard InChI is InChI=1S/C21H24N4O2/c1-27-19-8-6-17(7-9-19)15-24-10-12-25(13-11-24)16-21(26)23-20-5-3-2-4-18(20)14-22/h2-9H,10-13,15-16H2,1H3,(H,23,26). The molecule has 0 aromatic heterocycles. The molecule has 2 aromatic carbocycles. The first kappa shape index (κ1) is 18.9. The second-order valence-electron chi connectivity index (χ2n) is 6.61. The average Bonchev–Trinajstić information content (AvgIpc) is 2.70. The van der Waals surface area contributed by atoms with Gasteiger partial charge in [0, 0.05) is 32.7 Å². The summed E-state index contributed by atoms with van der Waals surface area (Å²) in [5.41, 5.74) is 2.31. The van der Waals surface area contributed by atoms with Crippen molar-refractivity contribution in [2.24, 2.45) is 0 Å². The number of amides is 1. The Morgan fingerprint density at radius 2 is 1.74 bits per heavy atom. The van der Waals surface area contributed by atoms with Crippen LogP contribution < -0.4 is 10.1 Å². The molecular formula is C21H24N4O2. The van der Waals surface area contributed by atoms with Gasteiger partial charge in [-0.15, -0.1) is 0 Å². The number of nitrogens with one attached hydrogen (secondary N) is 1. The molecular weight excluding hydrogens is 340 g/mol. The molecule has 0 spiro atoms. The van der Waals surface area contributed by atoms with E-state index >= 15 is 0 Å². The van der Waals surface area contributed by atoms with Crippen molar-refractivity contribution in [3.05, 3.63) is 59.7 Å². The minimum absolute atomic E-state index is 0.0821. The number of hydrogen-bond acceptors (Lipinski definition) is 5. The van der Waals surface area contributed by atoms with Gasteiger partial charge in [-0.05, 0) is 29.8 Å². The number of para-hydroxylation sites is 1. The highest BCUT2D eigenvalue weighted by atomic mass is 16.5. The Kier molecular flexibility index (Phi) is 6.42. The van der Waals surface area contributed by atoms with Crippen LogP contribution in [0.2, 0.25) is 0 Å². The van der Waals surface area contributed by atoms with Crippen LogP contribution in [0, 0.1) is 11.3 Å². The number of nitrogens with zero attached hydrogens (tertiary/aromatic N) is 3. The SMILES string of the molecule is COc1ccc(CN2CCN(CC(=O)Nc3ccccc3C#N)CC2)cc1. The Balaban J connectivity index is 1.45. The molecule has 6 heteroatoms. The summed E-state index contributed by atoms with van der Waals surface area (Å²) in [5, 5.41) is 12.0. The van der Waals surface area contributed by atoms with Gasteiger partial charge in [0.05, 0.1) is 24.9 Å². The van der Waals surface area contributed by atoms with Gasteiger partial charge in [0.15, 0.2) is 0 Å². The number of anilines is 1. The first-order valence-corrected chi connectivity index (χ1v) is 9.04. The van der Waals surface area contributed by atoms with Crippen LogP contribution in [0.15, 0.2) is 48.5 Å². The van der Waals surface area contributed by atoms with Crippen LogP contribution in [-0.4, -0.2) is 55.5 Å². The minimum Gasteiger partial charge on any atom is -0.497 e. The third-order valence-electron chi connectivity index (χ3n) is 4.72. The van der Waals surface area contributed by atoms with E-state index in [-0.39, 0.29) is 5.91 Å². The van der Waals surface area contributed by atoms with E-state index in [1.54, 1.807) is 25.3 Å². The predicted octanol–water partition coefficient (Wildman–Crippen LogP) is 2.32. The molecule has 27 heavy (non-hydrogen) atoms. The number of ether oxygens (including phenoxy) is 1. The maximum absolute atomic E-state index is 12.3. The number of nitriles is 1. The lowest BCUT2D eigenvalue weighted by Gasteiger charge is -2.34. The Hall–Kier alpha value is -2.88. The summed E-state index contributed by atoms with van der Waals surface area (Å²) in [7, 11) is 1.67. The molecule has 1 saturated heterocycles. The number of methoxy groups -OCH3 is 1. The lowest BCUT2D eigenvalue weighted by molar-refractivity contribution is -0.117. The molecule has 1 N–H and O–H groups in total. The molecule has 0 aliphatic carbocycles. The summed E-state index contributed by atoms with van der Waals surface area (Å²) < 4.78 is 5.19. The second-order valence-corrected chi connectivity index (χ2v) is 6.61. The summed E-state index contributed by atoms with van der Waals surface area (Å²) in [5.74, 6) is 0.786. The molecule has 6 nitrogen and oxygen atoms in total. The van der Waals surface area contributed by atoms with E-state index in [0.717, 1.165) is 38.5 Å². The Bertz CT molecular complexity index is 806. The molecule has 140 valence electrons. The van der Waals surface area contributed by atoms with Gasteiger partial charge in [-0.3, -0.25) is 14.6 Å². The molecule has 1 amide bonds. The van der Waals surface area contributed by atoms with E-state index in [0.29, 0.717) is 17.8 Å². The third kappa shape index (κ3) is 5.30. The Morgan fingerprint density at radius 3 is 2.41 bits per heavy atom. The number of rotatable bonds is 6. The quantitative estimate of drug-likeness (QED) is 0.852. The van der Waals surface area contributed by atoms with Gasteiger partial charge in [0.25, 0.3) is 0 Å². The smallest absolute Gasteiger partial charge is 0.238 e. The molecule has 0 bridgehead atoms. The summed E-state index contributed by atoms with van der Waals surface area (Å²) >= 11 is 0. The van der Waals surface area contributed by atoms with Gasteiger partial charge < -0.3 is 10.1 Å². The van der Waals surface area contributed by atoms with Gasteiger partial charge >= 0.3 is 0 Å². The van der Waals surface area contributed by atoms with Crippen LogP contribution in [0.1, 0.15) is 11.1 Å². The van der Waals surface area contributed by atoms with Crippen molar-refractivity contribution in [2.75, 3.05) is 45.2 Å². The monoisotopic (exact) mass is 364 g/mol. The van der Waals surface area contributed by atoms with Gasteiger partial charge in [0.1, 0.15) is 11.8 Å². The summed E-state index contributed by atoms with van der Waals surface area (Å²) in [4.78, 5) is 16.8. The fourth-order valence-electron chi connectivity index (χ4n) is 3.18. The van der Waals surface area contributed by atoms with Gasteiger partial charge in [-0.1, -0.05) is 24.3 Å². The topological polar surface area (TPSA) is 68.6 Å². The van der Waals surface area contributed by atoms with Crippen molar-refractivity contribution >= 4 is 11.6 Å². The van der Waals surface area contributed by atoms with E-state index < -0.39 is 0 Å². The zero-order valence-corrected chi connectivity index (χ0v) is 15.5. The van der Waals surface area contributed by atoms with Crippen molar-refractivity contribution in [1.29, 1.82) is 5.26 Å². The Morgan fingerprint density at radius 1 is 1.07 bits per heavy atom. The molecule has 1 aliphatic rings. The van der Waals surface area contributed by atoms with Crippen molar-refractivity contribution in [1.82, 2.24) is 9.80 Å². The molecule has 3 rings (SSSR count). The number of carbonyl (C=O) groups excluding carboxylic acids is 1. The zero-order chi connectivity index (χ0) is 19.1. The molecule has 0 radical (unpaired) electrons. The van der Waals surface area contributed by atoms with Crippen LogP contribution >= 0.6 is 0 Å². The lowest BCUT2D eigenvalue weighted by atomic mass is 10.2. The normalized spacial score (nSPS) is 15.1. The first-order valence-electron chi connectivity index (χ1n) is 9.04. The lowest BCUT2D eigenvalue weighted by Crippen LogP contribution is -2.48. The third-order valence-corrected chi connectivity index (χ3v) is 4.72. The summed E-state index contributed by atoms with van der Waals surface area (Å²) in [6, 6.07) is 17.3. The maximum atomic E-state index is 12.3. The highest BCUT2D eigenvalue weighted by Crippen LogP contribution is 2.15. The highest BCUT2D eigenvalue weighted by Gasteiger charge is 2.19. The number of hydrogen-bond donors (Lipinski definition) is 1. The molecule has 0 unspecified atom stereocenters. The van der Waals surface area contributed by atoms with Crippen molar-refractivity contribution in [3.63, 3.8) is 0 Å². The predicted molar refractivity (Wildman–Crippen MR) is 104 cm³/mol. The van der Waals surface area contributed by atoms with E-state index in [1.165, 1.54) is 5.56 Å². The number of carbonyl (C=O) groups is 1. The highest BCUT2D eigenvalue weighted by molar-refractivity contribution is 5.93. The van der Waals surface area contributed by atoms with Crippen molar-refractivity contribution in [2.45, 2.75) is 6.54 Å². The molecule has 1 fully saturated rings. The zero-order valence-electron chi connectivity index (χ0n) is 15.5. The first-order chi connectivity index (χ1) is 13.2. The van der Waals surface area contributed by atoms with Crippen LogP contribution in [-0.2, 0) is 11.3 Å². The van der Waals surface area contributed by atoms with E-state index in [9.17, 15) is 4.79 Å². The van der Waals surface area contributed by atoms with E-state index in [2.05, 4.69) is 33.3 Å². The average molecular weight is 364 g/mol. The molecule has 2 aromatic rings. The Labute approximate surface area is 160 Å². The fraction of sp³-hybridized carbons (Fsp3) is 0.333. The number of benzene rings is 2. The van der Waals surface area contributed by atoms with Crippen molar-refractivity contribution < 1.29 is 9.53 Å². The minimum atomic E-state index is -0.0821. The summed E-state index contributed by atoms with van der Waals surface area (Å²) in [6.45, 7) is 4.80. The van der Waals surface area contributed by atoms with Gasteiger partial charge in [-0.25, -0.2) is 0 Å². The molecule has 0 atom stereocenters. The largest absolute Gasteiger partial charge is 0.497 e. The molecule has 1 heterocycles. The van der Waals surface area contributed by atoms with Crippen LogP contribution in [0.3, 0.4) is 0 Å². The van der Waals surface area contributed by atoms with Gasteiger partial charge in [-0.2, -0.15) is 5.26 Å². The van der Waals surface area contributed by atoms with E-state index in [1.807, 2.05) is 18.2 Å². The van der Waals surface area contributed by atoms with Crippen LogP contribution in [0.4, 0.5) is 5.69 Å². The van der Waals surface area contributed by atoms with E-state index in [4.69, 9.17) is 10.00 Å². The fourth-order valence-corrected chi connectivity index (χ4v) is 3.18. The second kappa shape index (κ2) is 9.17. The maximum Gasteiger partial charge on any atom is 0.238 e. The van der Waals surface area contributed by atoms with Crippen LogP contribution in [0.25, 0.3) is 0 Å². The molecule has 0 saturated carbocycles. The summed E-state index contributed by atoms with van der Waals surface area (Å²) in [6.07, 6.45) is 0. The van der Waals surface area contributed by atoms with Crippen molar-refractivity contribution in [3.8, 4) is 11.8 Å². The number of piperazine rings is 1.